The molecule has 0 aliphatic heterocycles. The minimum Gasteiger partial charge on any atom is -0.228 e. The smallest absolute Gasteiger partial charge is 0.160 e. The lowest BCUT2D eigenvalue weighted by atomic mass is 9.97. The van der Waals surface area contributed by atoms with Crippen molar-refractivity contribution in [3.8, 4) is 33.9 Å². The molecule has 0 amide bonds. The highest BCUT2D eigenvalue weighted by molar-refractivity contribution is 5.74. The highest BCUT2D eigenvalue weighted by Gasteiger charge is 2.14. The van der Waals surface area contributed by atoms with Gasteiger partial charge in [0.25, 0.3) is 0 Å². The Morgan fingerprint density at radius 3 is 1.56 bits per heavy atom. The summed E-state index contributed by atoms with van der Waals surface area (Å²) in [5, 5.41) is 0. The van der Waals surface area contributed by atoms with Crippen LogP contribution in [0, 0.1) is 20.8 Å². The zero-order chi connectivity index (χ0) is 18.8. The molecule has 132 valence electrons. The van der Waals surface area contributed by atoms with Crippen molar-refractivity contribution in [1.29, 1.82) is 0 Å². The first-order valence-electron chi connectivity index (χ1n) is 9.20. The van der Waals surface area contributed by atoms with Crippen molar-refractivity contribution in [3.63, 3.8) is 0 Å². The molecule has 0 aliphatic carbocycles. The Morgan fingerprint density at radius 1 is 0.556 bits per heavy atom. The molecule has 0 N–H and O–H groups in total. The lowest BCUT2D eigenvalue weighted by molar-refractivity contribution is 1.16. The fourth-order valence-corrected chi connectivity index (χ4v) is 3.37. The Labute approximate surface area is 160 Å². The molecule has 1 heterocycles. The van der Waals surface area contributed by atoms with E-state index in [0.29, 0.717) is 0 Å². The van der Waals surface area contributed by atoms with Gasteiger partial charge in [0.05, 0.1) is 11.4 Å². The maximum Gasteiger partial charge on any atom is 0.160 e. The first kappa shape index (κ1) is 17.2. The molecule has 2 heteroatoms. The van der Waals surface area contributed by atoms with Crippen LogP contribution < -0.4 is 0 Å². The molecule has 2 nitrogen and oxygen atoms in total. The quantitative estimate of drug-likeness (QED) is 0.427. The zero-order valence-electron chi connectivity index (χ0n) is 15.9. The van der Waals surface area contributed by atoms with Crippen LogP contribution in [-0.2, 0) is 0 Å². The topological polar surface area (TPSA) is 25.8 Å². The van der Waals surface area contributed by atoms with Gasteiger partial charge in [-0.2, -0.15) is 0 Å². The molecule has 0 saturated heterocycles. The van der Waals surface area contributed by atoms with E-state index in [1.165, 1.54) is 16.7 Å². The summed E-state index contributed by atoms with van der Waals surface area (Å²) < 4.78 is 0. The van der Waals surface area contributed by atoms with Crippen molar-refractivity contribution in [2.24, 2.45) is 0 Å². The van der Waals surface area contributed by atoms with E-state index in [1.54, 1.807) is 0 Å². The van der Waals surface area contributed by atoms with Crippen LogP contribution in [0.5, 0.6) is 0 Å². The third-order valence-electron chi connectivity index (χ3n) is 5.03. The third-order valence-corrected chi connectivity index (χ3v) is 5.03. The van der Waals surface area contributed by atoms with Crippen LogP contribution in [-0.4, -0.2) is 9.97 Å². The van der Waals surface area contributed by atoms with E-state index in [-0.39, 0.29) is 0 Å². The van der Waals surface area contributed by atoms with Gasteiger partial charge in [-0.05, 0) is 43.5 Å². The van der Waals surface area contributed by atoms with Gasteiger partial charge in [-0.1, -0.05) is 72.8 Å². The summed E-state index contributed by atoms with van der Waals surface area (Å²) in [5.41, 5.74) is 8.90. The summed E-state index contributed by atoms with van der Waals surface area (Å²) in [4.78, 5) is 9.90. The van der Waals surface area contributed by atoms with Gasteiger partial charge >= 0.3 is 0 Å². The maximum atomic E-state index is 4.95. The van der Waals surface area contributed by atoms with Gasteiger partial charge in [0, 0.05) is 16.7 Å². The molecule has 0 fully saturated rings. The first-order chi connectivity index (χ1) is 13.1. The molecule has 0 aliphatic rings. The number of rotatable bonds is 3. The van der Waals surface area contributed by atoms with Crippen LogP contribution in [0.2, 0.25) is 0 Å². The number of hydrogen-bond acceptors (Lipinski definition) is 2. The fourth-order valence-electron chi connectivity index (χ4n) is 3.37. The van der Waals surface area contributed by atoms with Crippen molar-refractivity contribution >= 4 is 0 Å². The van der Waals surface area contributed by atoms with Crippen LogP contribution in [0.4, 0.5) is 0 Å². The van der Waals surface area contributed by atoms with Gasteiger partial charge in [-0.15, -0.1) is 0 Å². The summed E-state index contributed by atoms with van der Waals surface area (Å²) in [6.45, 7) is 6.42. The van der Waals surface area contributed by atoms with E-state index in [0.717, 1.165) is 33.9 Å². The standard InChI is InChI=1S/C25H22N2/c1-17-14-15-18(2)24(19(17)3)25-26-22(20-10-6-4-7-11-20)16-23(27-25)21-12-8-5-9-13-21/h4-16H,1-3H3. The van der Waals surface area contributed by atoms with Gasteiger partial charge in [-0.3, -0.25) is 0 Å². The third kappa shape index (κ3) is 3.39. The SMILES string of the molecule is Cc1ccc(C)c(-c2nc(-c3ccccc3)cc(-c3ccccc3)n2)c1C. The molecular formula is C25H22N2. The average molecular weight is 350 g/mol. The van der Waals surface area contributed by atoms with Gasteiger partial charge in [-0.25, -0.2) is 9.97 Å². The number of hydrogen-bond donors (Lipinski definition) is 0. The maximum absolute atomic E-state index is 4.95. The predicted molar refractivity (Wildman–Crippen MR) is 113 cm³/mol. The van der Waals surface area contributed by atoms with Gasteiger partial charge in [0.1, 0.15) is 0 Å². The minimum absolute atomic E-state index is 0.786. The highest BCUT2D eigenvalue weighted by atomic mass is 14.9. The van der Waals surface area contributed by atoms with Gasteiger partial charge in [0.2, 0.25) is 0 Å². The molecule has 0 saturated carbocycles. The second-order valence-corrected chi connectivity index (χ2v) is 6.89. The number of aryl methyl sites for hydroxylation is 2. The Bertz CT molecular complexity index is 1030. The molecule has 0 atom stereocenters. The molecule has 1 aromatic heterocycles. The van der Waals surface area contributed by atoms with Crippen molar-refractivity contribution in [2.75, 3.05) is 0 Å². The van der Waals surface area contributed by atoms with Crippen molar-refractivity contribution in [3.05, 3.63) is 95.6 Å². The van der Waals surface area contributed by atoms with Crippen LogP contribution in [0.15, 0.2) is 78.9 Å². The van der Waals surface area contributed by atoms with E-state index in [9.17, 15) is 0 Å². The summed E-state index contributed by atoms with van der Waals surface area (Å²) in [5.74, 6) is 0.786. The second kappa shape index (κ2) is 7.16. The predicted octanol–water partition coefficient (Wildman–Crippen LogP) is 6.40. The minimum atomic E-state index is 0.786. The molecule has 0 radical (unpaired) electrons. The number of nitrogens with zero attached hydrogens (tertiary/aromatic N) is 2. The van der Waals surface area contributed by atoms with Crippen LogP contribution in [0.1, 0.15) is 16.7 Å². The summed E-state index contributed by atoms with van der Waals surface area (Å²) >= 11 is 0. The fraction of sp³-hybridized carbons (Fsp3) is 0.120. The normalized spacial score (nSPS) is 10.8. The molecule has 0 bridgehead atoms. The average Bonchev–Trinajstić information content (AvgIpc) is 2.72. The van der Waals surface area contributed by atoms with Crippen LogP contribution in [0.3, 0.4) is 0 Å². The zero-order valence-corrected chi connectivity index (χ0v) is 15.9. The van der Waals surface area contributed by atoms with E-state index >= 15 is 0 Å². The van der Waals surface area contributed by atoms with E-state index < -0.39 is 0 Å². The van der Waals surface area contributed by atoms with Crippen molar-refractivity contribution in [1.82, 2.24) is 9.97 Å². The molecule has 4 rings (SSSR count). The Hall–Kier alpha value is -3.26. The van der Waals surface area contributed by atoms with Gasteiger partial charge in [0.15, 0.2) is 5.82 Å². The molecule has 0 unspecified atom stereocenters. The first-order valence-corrected chi connectivity index (χ1v) is 9.20. The van der Waals surface area contributed by atoms with Crippen molar-refractivity contribution < 1.29 is 0 Å². The lowest BCUT2D eigenvalue weighted by Gasteiger charge is -2.14. The van der Waals surface area contributed by atoms with E-state index in [4.69, 9.17) is 9.97 Å². The summed E-state index contributed by atoms with van der Waals surface area (Å²) in [6, 6.07) is 27.0. The largest absolute Gasteiger partial charge is 0.228 e. The Morgan fingerprint density at radius 2 is 1.04 bits per heavy atom. The lowest BCUT2D eigenvalue weighted by Crippen LogP contribution is -2.00. The van der Waals surface area contributed by atoms with E-state index in [1.807, 2.05) is 36.4 Å². The molecular weight excluding hydrogens is 328 g/mol. The highest BCUT2D eigenvalue weighted by Crippen LogP contribution is 2.31. The second-order valence-electron chi connectivity index (χ2n) is 6.89. The van der Waals surface area contributed by atoms with Crippen molar-refractivity contribution in [2.45, 2.75) is 20.8 Å². The number of benzene rings is 3. The summed E-state index contributed by atoms with van der Waals surface area (Å²) in [6.07, 6.45) is 0. The number of aromatic nitrogens is 2. The Balaban J connectivity index is 1.99. The molecule has 27 heavy (non-hydrogen) atoms. The molecule has 4 aromatic rings. The van der Waals surface area contributed by atoms with Gasteiger partial charge < -0.3 is 0 Å². The monoisotopic (exact) mass is 350 g/mol. The Kier molecular flexibility index (Phi) is 4.55. The molecule has 0 spiro atoms. The van der Waals surface area contributed by atoms with Crippen LogP contribution >= 0.6 is 0 Å². The van der Waals surface area contributed by atoms with Crippen LogP contribution in [0.25, 0.3) is 33.9 Å². The molecule has 3 aromatic carbocycles. The summed E-state index contributed by atoms with van der Waals surface area (Å²) in [7, 11) is 0. The van der Waals surface area contributed by atoms with E-state index in [2.05, 4.69) is 63.2 Å².